The van der Waals surface area contributed by atoms with E-state index in [4.69, 9.17) is 0 Å². The summed E-state index contributed by atoms with van der Waals surface area (Å²) in [7, 11) is 0. The lowest BCUT2D eigenvalue weighted by atomic mass is 9.77. The van der Waals surface area contributed by atoms with Crippen molar-refractivity contribution in [1.82, 2.24) is 0 Å². The van der Waals surface area contributed by atoms with Crippen molar-refractivity contribution in [3.05, 3.63) is 0 Å². The lowest BCUT2D eigenvalue weighted by Gasteiger charge is -2.27. The summed E-state index contributed by atoms with van der Waals surface area (Å²) < 4.78 is 0. The summed E-state index contributed by atoms with van der Waals surface area (Å²) in [5.74, 6) is 0.840. The highest BCUT2D eigenvalue weighted by Gasteiger charge is 2.38. The Kier molecular flexibility index (Phi) is 3.63. The minimum Gasteiger partial charge on any atom is -0.299 e. The Labute approximate surface area is 94.6 Å². The van der Waals surface area contributed by atoms with Gasteiger partial charge in [0, 0.05) is 12.3 Å². The average Bonchev–Trinajstić information content (AvgIpc) is 2.40. The van der Waals surface area contributed by atoms with Crippen LogP contribution in [0, 0.1) is 16.7 Å². The maximum absolute atomic E-state index is 12.1. The van der Waals surface area contributed by atoms with Crippen molar-refractivity contribution in [2.24, 2.45) is 16.7 Å². The minimum absolute atomic E-state index is 0.259. The van der Waals surface area contributed by atoms with Crippen LogP contribution in [0.15, 0.2) is 0 Å². The number of Topliss-reactive ketones (excluding diaryl/α,β-unsaturated/α-hetero) is 1. The average molecular weight is 210 g/mol. The molecule has 0 bridgehead atoms. The molecule has 0 N–H and O–H groups in total. The van der Waals surface area contributed by atoms with E-state index in [0.29, 0.717) is 17.1 Å². The van der Waals surface area contributed by atoms with E-state index in [2.05, 4.69) is 34.6 Å². The van der Waals surface area contributed by atoms with E-state index < -0.39 is 0 Å². The zero-order chi connectivity index (χ0) is 11.7. The molecule has 1 aliphatic carbocycles. The molecule has 1 atom stereocenters. The summed E-state index contributed by atoms with van der Waals surface area (Å²) >= 11 is 0. The molecule has 1 nitrogen and oxygen atoms in total. The third-order valence-corrected chi connectivity index (χ3v) is 3.77. The Bertz CT molecular complexity index is 232. The lowest BCUT2D eigenvalue weighted by molar-refractivity contribution is -0.125. The van der Waals surface area contributed by atoms with E-state index in [1.54, 1.807) is 0 Å². The highest BCUT2D eigenvalue weighted by Crippen LogP contribution is 2.43. The number of ketones is 1. The molecule has 1 unspecified atom stereocenters. The van der Waals surface area contributed by atoms with Gasteiger partial charge in [0.2, 0.25) is 0 Å². The molecule has 1 heteroatoms. The molecular formula is C14H26O. The molecule has 0 aromatic rings. The Hall–Kier alpha value is -0.330. The fraction of sp³-hybridized carbons (Fsp3) is 0.929. The van der Waals surface area contributed by atoms with E-state index in [-0.39, 0.29) is 5.41 Å². The van der Waals surface area contributed by atoms with Crippen LogP contribution in [0.4, 0.5) is 0 Å². The molecule has 0 spiro atoms. The van der Waals surface area contributed by atoms with Crippen molar-refractivity contribution in [3.63, 3.8) is 0 Å². The van der Waals surface area contributed by atoms with Gasteiger partial charge in [0.1, 0.15) is 5.78 Å². The largest absolute Gasteiger partial charge is 0.299 e. The molecule has 0 saturated heterocycles. The van der Waals surface area contributed by atoms with Gasteiger partial charge in [-0.15, -0.1) is 0 Å². The van der Waals surface area contributed by atoms with Gasteiger partial charge in [-0.2, -0.15) is 0 Å². The third kappa shape index (κ3) is 3.62. The summed E-state index contributed by atoms with van der Waals surface area (Å²) in [5, 5.41) is 0. The predicted molar refractivity (Wildman–Crippen MR) is 64.8 cm³/mol. The third-order valence-electron chi connectivity index (χ3n) is 3.77. The Balaban J connectivity index is 2.48. The van der Waals surface area contributed by atoms with E-state index in [1.165, 1.54) is 12.8 Å². The molecule has 0 aromatic carbocycles. The van der Waals surface area contributed by atoms with Crippen molar-refractivity contribution in [1.29, 1.82) is 0 Å². The van der Waals surface area contributed by atoms with Gasteiger partial charge >= 0.3 is 0 Å². The van der Waals surface area contributed by atoms with Crippen LogP contribution in [-0.2, 0) is 4.79 Å². The Morgan fingerprint density at radius 2 is 1.93 bits per heavy atom. The SMILES string of the molecule is CC(C)(C)CCC(=O)C1CCCC1(C)C. The van der Waals surface area contributed by atoms with Crippen molar-refractivity contribution in [2.75, 3.05) is 0 Å². The summed E-state index contributed by atoms with van der Waals surface area (Å²) in [6, 6.07) is 0. The summed E-state index contributed by atoms with van der Waals surface area (Å²) in [6.45, 7) is 11.1. The molecule has 1 fully saturated rings. The lowest BCUT2D eigenvalue weighted by Crippen LogP contribution is -2.26. The van der Waals surface area contributed by atoms with Gasteiger partial charge in [0.25, 0.3) is 0 Å². The van der Waals surface area contributed by atoms with E-state index in [0.717, 1.165) is 19.3 Å². The molecule has 0 amide bonds. The molecule has 0 aliphatic heterocycles. The molecule has 0 heterocycles. The van der Waals surface area contributed by atoms with Gasteiger partial charge in [0.05, 0.1) is 0 Å². The zero-order valence-corrected chi connectivity index (χ0v) is 11.0. The zero-order valence-electron chi connectivity index (χ0n) is 11.0. The summed E-state index contributed by atoms with van der Waals surface area (Å²) in [6.07, 6.45) is 5.38. The second-order valence-electron chi connectivity index (χ2n) is 6.96. The summed E-state index contributed by atoms with van der Waals surface area (Å²) in [4.78, 5) is 12.1. The Morgan fingerprint density at radius 3 is 2.33 bits per heavy atom. The van der Waals surface area contributed by atoms with Gasteiger partial charge < -0.3 is 0 Å². The van der Waals surface area contributed by atoms with Gasteiger partial charge in [-0.3, -0.25) is 4.79 Å². The number of hydrogen-bond donors (Lipinski definition) is 0. The first-order chi connectivity index (χ1) is 6.72. The molecule has 0 aromatic heterocycles. The van der Waals surface area contributed by atoms with Gasteiger partial charge in [-0.1, -0.05) is 41.0 Å². The number of carbonyl (C=O) groups is 1. The summed E-state index contributed by atoms with van der Waals surface area (Å²) in [5.41, 5.74) is 0.549. The highest BCUT2D eigenvalue weighted by atomic mass is 16.1. The first-order valence-electron chi connectivity index (χ1n) is 6.25. The van der Waals surface area contributed by atoms with Crippen LogP contribution in [0.1, 0.15) is 66.7 Å². The quantitative estimate of drug-likeness (QED) is 0.682. The fourth-order valence-corrected chi connectivity index (χ4v) is 2.60. The molecule has 1 rings (SSSR count). The topological polar surface area (TPSA) is 17.1 Å². The van der Waals surface area contributed by atoms with E-state index in [1.807, 2.05) is 0 Å². The highest BCUT2D eigenvalue weighted by molar-refractivity contribution is 5.82. The number of rotatable bonds is 3. The smallest absolute Gasteiger partial charge is 0.136 e. The van der Waals surface area contributed by atoms with Crippen LogP contribution in [-0.4, -0.2) is 5.78 Å². The van der Waals surface area contributed by atoms with Crippen LogP contribution in [0.5, 0.6) is 0 Å². The van der Waals surface area contributed by atoms with E-state index >= 15 is 0 Å². The van der Waals surface area contributed by atoms with Crippen LogP contribution < -0.4 is 0 Å². The minimum atomic E-state index is 0.259. The van der Waals surface area contributed by atoms with Crippen LogP contribution >= 0.6 is 0 Å². The monoisotopic (exact) mass is 210 g/mol. The maximum atomic E-state index is 12.1. The van der Waals surface area contributed by atoms with Crippen molar-refractivity contribution >= 4 is 5.78 Å². The first kappa shape index (κ1) is 12.7. The number of carbonyl (C=O) groups excluding carboxylic acids is 1. The van der Waals surface area contributed by atoms with Crippen LogP contribution in [0.2, 0.25) is 0 Å². The molecule has 0 radical (unpaired) electrons. The second-order valence-corrected chi connectivity index (χ2v) is 6.96. The molecule has 1 aliphatic rings. The standard InChI is InChI=1S/C14H26O/c1-13(2,3)10-8-12(15)11-7-6-9-14(11,4)5/h11H,6-10H2,1-5H3. The van der Waals surface area contributed by atoms with Gasteiger partial charge in [-0.05, 0) is 30.1 Å². The van der Waals surface area contributed by atoms with Gasteiger partial charge in [-0.25, -0.2) is 0 Å². The maximum Gasteiger partial charge on any atom is 0.136 e. The van der Waals surface area contributed by atoms with E-state index in [9.17, 15) is 4.79 Å². The van der Waals surface area contributed by atoms with Crippen molar-refractivity contribution in [2.45, 2.75) is 66.7 Å². The molecular weight excluding hydrogens is 184 g/mol. The number of hydrogen-bond acceptors (Lipinski definition) is 1. The second kappa shape index (κ2) is 4.27. The predicted octanol–water partition coefficient (Wildman–Crippen LogP) is 4.21. The molecule has 88 valence electrons. The normalized spacial score (nSPS) is 25.5. The molecule has 1 saturated carbocycles. The fourth-order valence-electron chi connectivity index (χ4n) is 2.60. The van der Waals surface area contributed by atoms with Gasteiger partial charge in [0.15, 0.2) is 0 Å². The Morgan fingerprint density at radius 1 is 1.33 bits per heavy atom. The van der Waals surface area contributed by atoms with Crippen molar-refractivity contribution < 1.29 is 4.79 Å². The van der Waals surface area contributed by atoms with Crippen LogP contribution in [0.3, 0.4) is 0 Å². The molecule has 15 heavy (non-hydrogen) atoms. The van der Waals surface area contributed by atoms with Crippen LogP contribution in [0.25, 0.3) is 0 Å². The first-order valence-corrected chi connectivity index (χ1v) is 6.25. The van der Waals surface area contributed by atoms with Crippen molar-refractivity contribution in [3.8, 4) is 0 Å².